The van der Waals surface area contributed by atoms with Gasteiger partial charge in [0.15, 0.2) is 6.29 Å². The Morgan fingerprint density at radius 1 is 0.410 bits per heavy atom. The van der Waals surface area contributed by atoms with E-state index in [1.165, 1.54) is 263 Å². The lowest BCUT2D eigenvalue weighted by atomic mass is 9.98. The fourth-order valence-electron chi connectivity index (χ4n) is 11.6. The summed E-state index contributed by atoms with van der Waals surface area (Å²) in [7, 11) is 0. The highest BCUT2D eigenvalue weighted by molar-refractivity contribution is 5.80. The summed E-state index contributed by atoms with van der Waals surface area (Å²) in [5, 5.41) is 76.5. The van der Waals surface area contributed by atoms with Crippen molar-refractivity contribution in [1.29, 1.82) is 0 Å². The minimum atomic E-state index is -1.67. The number of unbranched alkanes of at least 4 members (excludes halogenated alkanes) is 45. The summed E-state index contributed by atoms with van der Waals surface area (Å²) < 4.78 is 11.2. The number of amides is 1. The van der Waals surface area contributed by atoms with Crippen molar-refractivity contribution in [2.45, 2.75) is 403 Å². The van der Waals surface area contributed by atoms with Gasteiger partial charge < -0.3 is 50.5 Å². The first-order valence-corrected chi connectivity index (χ1v) is 35.9. The predicted molar refractivity (Wildman–Crippen MR) is 349 cm³/mol. The van der Waals surface area contributed by atoms with Crippen molar-refractivity contribution in [3.8, 4) is 0 Å². The van der Waals surface area contributed by atoms with Crippen LogP contribution in [0.2, 0.25) is 0 Å². The van der Waals surface area contributed by atoms with Crippen LogP contribution in [0.25, 0.3) is 0 Å². The first-order valence-electron chi connectivity index (χ1n) is 35.9. The van der Waals surface area contributed by atoms with E-state index in [2.05, 4.69) is 55.6 Å². The first-order chi connectivity index (χ1) is 40.7. The Kier molecular flexibility index (Phi) is 57.9. The van der Waals surface area contributed by atoms with Gasteiger partial charge in [-0.1, -0.05) is 307 Å². The van der Waals surface area contributed by atoms with Crippen LogP contribution in [-0.4, -0.2) is 110 Å². The van der Waals surface area contributed by atoms with Gasteiger partial charge in [-0.25, -0.2) is 0 Å². The zero-order valence-corrected chi connectivity index (χ0v) is 54.2. The van der Waals surface area contributed by atoms with Crippen LogP contribution < -0.4 is 5.32 Å². The van der Waals surface area contributed by atoms with Crippen molar-refractivity contribution < 1.29 is 50.0 Å². The molecular weight excluding hydrogens is 1040 g/mol. The molecule has 0 aromatic heterocycles. The largest absolute Gasteiger partial charge is 0.394 e. The molecule has 1 aliphatic heterocycles. The Morgan fingerprint density at radius 3 is 1.07 bits per heavy atom. The zero-order valence-electron chi connectivity index (χ0n) is 54.2. The van der Waals surface area contributed by atoms with Gasteiger partial charge >= 0.3 is 0 Å². The number of ether oxygens (including phenoxy) is 2. The highest BCUT2D eigenvalue weighted by Gasteiger charge is 2.44. The molecule has 490 valence electrons. The van der Waals surface area contributed by atoms with Crippen molar-refractivity contribution >= 4 is 5.91 Å². The average molecular weight is 1180 g/mol. The van der Waals surface area contributed by atoms with E-state index in [0.29, 0.717) is 19.3 Å². The van der Waals surface area contributed by atoms with Gasteiger partial charge in [-0.3, -0.25) is 4.79 Å². The van der Waals surface area contributed by atoms with Gasteiger partial charge in [-0.15, -0.1) is 0 Å². The molecule has 1 fully saturated rings. The topological polar surface area (TPSA) is 189 Å². The molecule has 9 atom stereocenters. The van der Waals surface area contributed by atoms with Crippen LogP contribution in [0.5, 0.6) is 0 Å². The van der Waals surface area contributed by atoms with E-state index in [0.717, 1.165) is 38.5 Å². The monoisotopic (exact) mass is 1180 g/mol. The number of carbonyl (C=O) groups is 1. The van der Waals surface area contributed by atoms with Crippen LogP contribution in [0.15, 0.2) is 36.5 Å². The number of rotatable bonds is 63. The number of carbonyl (C=O) groups excluding carboxylic acids is 1. The number of aliphatic hydroxyl groups is 7. The Bertz CT molecular complexity index is 1440. The lowest BCUT2D eigenvalue weighted by Gasteiger charge is -2.40. The third-order valence-corrected chi connectivity index (χ3v) is 17.4. The van der Waals surface area contributed by atoms with E-state index < -0.39 is 74.2 Å². The second kappa shape index (κ2) is 60.6. The SMILES string of the molecule is CCCCCCCCCCCCCC/C=C\CCCCCCCCCCCC(O)C(=O)NC(COC1OC(CO)C(O)C(O)C1O)C(O)C(O)CCC/C=C/CC/C=C/CCCCCCCCCCCCCCCCCCCCCCCC. The lowest BCUT2D eigenvalue weighted by molar-refractivity contribution is -0.303. The fourth-order valence-corrected chi connectivity index (χ4v) is 11.6. The van der Waals surface area contributed by atoms with Crippen LogP contribution in [0, 0.1) is 0 Å². The Labute approximate surface area is 511 Å². The summed E-state index contributed by atoms with van der Waals surface area (Å²) >= 11 is 0. The minimum absolute atomic E-state index is 0.247. The molecule has 1 aliphatic rings. The fraction of sp³-hybridized carbons (Fsp3) is 0.903. The average Bonchev–Trinajstić information content (AvgIpc) is 3.69. The summed E-state index contributed by atoms with van der Waals surface area (Å²) in [5.41, 5.74) is 0. The van der Waals surface area contributed by atoms with Gasteiger partial charge in [0, 0.05) is 0 Å². The van der Waals surface area contributed by atoms with Gasteiger partial charge in [0.25, 0.3) is 0 Å². The summed E-state index contributed by atoms with van der Waals surface area (Å²) in [6.45, 7) is 3.49. The molecule has 1 heterocycles. The van der Waals surface area contributed by atoms with Crippen molar-refractivity contribution in [2.24, 2.45) is 0 Å². The van der Waals surface area contributed by atoms with Crippen molar-refractivity contribution in [1.82, 2.24) is 5.32 Å². The number of hydrogen-bond acceptors (Lipinski definition) is 10. The molecule has 1 saturated heterocycles. The standard InChI is InChI=1S/C72H137NO10/c1-3-5-7-9-11-13-15-17-19-21-23-25-27-29-30-31-32-33-34-36-37-39-41-43-45-47-49-51-53-55-57-59-64(75)67(77)63(62-82-72-70(80)69(79)68(78)66(61-74)83-72)73-71(81)65(76)60-58-56-54-52-50-48-46-44-42-40-38-35-28-26-24-22-20-18-16-14-12-10-8-6-4-2/h35,38,43,45,51,53,63-70,72,74-80H,3-34,36-37,39-42,44,46-50,52,54-62H2,1-2H3,(H,73,81)/b38-35-,45-43+,53-51+. The second-order valence-electron chi connectivity index (χ2n) is 25.3. The molecule has 11 heteroatoms. The smallest absolute Gasteiger partial charge is 0.249 e. The molecule has 11 nitrogen and oxygen atoms in total. The minimum Gasteiger partial charge on any atom is -0.394 e. The van der Waals surface area contributed by atoms with Gasteiger partial charge in [-0.2, -0.15) is 0 Å². The quantitative estimate of drug-likeness (QED) is 0.0215. The molecular formula is C72H137NO10. The summed E-state index contributed by atoms with van der Waals surface area (Å²) in [4.78, 5) is 13.2. The van der Waals surface area contributed by atoms with Gasteiger partial charge in [0.05, 0.1) is 25.4 Å². The van der Waals surface area contributed by atoms with Crippen LogP contribution in [0.4, 0.5) is 0 Å². The Balaban J connectivity index is 2.22. The van der Waals surface area contributed by atoms with E-state index in [4.69, 9.17) is 9.47 Å². The number of nitrogens with one attached hydrogen (secondary N) is 1. The van der Waals surface area contributed by atoms with Crippen LogP contribution in [-0.2, 0) is 14.3 Å². The number of allylic oxidation sites excluding steroid dienone is 6. The summed E-state index contributed by atoms with van der Waals surface area (Å²) in [6, 6.07) is -1.19. The predicted octanol–water partition coefficient (Wildman–Crippen LogP) is 17.4. The van der Waals surface area contributed by atoms with E-state index in [1.54, 1.807) is 0 Å². The van der Waals surface area contributed by atoms with Crippen molar-refractivity contribution in [3.63, 3.8) is 0 Å². The second-order valence-corrected chi connectivity index (χ2v) is 25.3. The van der Waals surface area contributed by atoms with E-state index >= 15 is 0 Å². The molecule has 0 spiro atoms. The number of hydrogen-bond donors (Lipinski definition) is 8. The van der Waals surface area contributed by atoms with Crippen LogP contribution in [0.1, 0.15) is 348 Å². The molecule has 83 heavy (non-hydrogen) atoms. The molecule has 1 amide bonds. The van der Waals surface area contributed by atoms with Crippen LogP contribution in [0.3, 0.4) is 0 Å². The lowest BCUT2D eigenvalue weighted by Crippen LogP contribution is -2.60. The van der Waals surface area contributed by atoms with Gasteiger partial charge in [-0.05, 0) is 77.0 Å². The van der Waals surface area contributed by atoms with Crippen LogP contribution >= 0.6 is 0 Å². The molecule has 0 bridgehead atoms. The molecule has 8 N–H and O–H groups in total. The molecule has 0 aromatic carbocycles. The molecule has 9 unspecified atom stereocenters. The van der Waals surface area contributed by atoms with Gasteiger partial charge in [0.2, 0.25) is 5.91 Å². The maximum Gasteiger partial charge on any atom is 0.249 e. The summed E-state index contributed by atoms with van der Waals surface area (Å²) in [5.74, 6) is -0.708. The zero-order chi connectivity index (χ0) is 60.3. The number of aliphatic hydroxyl groups excluding tert-OH is 7. The van der Waals surface area contributed by atoms with E-state index in [9.17, 15) is 40.5 Å². The summed E-state index contributed by atoms with van der Waals surface area (Å²) in [6.07, 6.45) is 66.7. The highest BCUT2D eigenvalue weighted by atomic mass is 16.7. The van der Waals surface area contributed by atoms with E-state index in [-0.39, 0.29) is 12.8 Å². The normalized spacial score (nSPS) is 19.2. The molecule has 0 radical (unpaired) electrons. The maximum atomic E-state index is 13.2. The molecule has 0 aromatic rings. The Hall–Kier alpha value is -1.67. The highest BCUT2D eigenvalue weighted by Crippen LogP contribution is 2.24. The third-order valence-electron chi connectivity index (χ3n) is 17.4. The van der Waals surface area contributed by atoms with Gasteiger partial charge in [0.1, 0.15) is 36.6 Å². The van der Waals surface area contributed by atoms with Crippen molar-refractivity contribution in [2.75, 3.05) is 13.2 Å². The molecule has 1 rings (SSSR count). The first kappa shape index (κ1) is 79.3. The maximum absolute atomic E-state index is 13.2. The van der Waals surface area contributed by atoms with E-state index in [1.807, 2.05) is 0 Å². The Morgan fingerprint density at radius 2 is 0.723 bits per heavy atom. The van der Waals surface area contributed by atoms with Crippen molar-refractivity contribution in [3.05, 3.63) is 36.5 Å². The third kappa shape index (κ3) is 48.0. The molecule has 0 saturated carbocycles. The molecule has 0 aliphatic carbocycles.